The first kappa shape index (κ1) is 15.1. The summed E-state index contributed by atoms with van der Waals surface area (Å²) in [7, 11) is 0. The second kappa shape index (κ2) is 7.48. The van der Waals surface area contributed by atoms with Gasteiger partial charge in [-0.1, -0.05) is 54.3 Å². The molecule has 0 radical (unpaired) electrons. The number of carbonyl (C=O) groups is 1. The van der Waals surface area contributed by atoms with E-state index >= 15 is 0 Å². The largest absolute Gasteiger partial charge is 0.445 e. The molecule has 114 valence electrons. The predicted octanol–water partition coefficient (Wildman–Crippen LogP) is 4.18. The molecule has 0 aliphatic rings. The summed E-state index contributed by atoms with van der Waals surface area (Å²) in [5, 5.41) is 5.88. The molecule has 0 fully saturated rings. The number of benzene rings is 2. The summed E-state index contributed by atoms with van der Waals surface area (Å²) in [5.74, 6) is 6.05. The number of carbonyl (C=O) groups excluding carboxylic acids is 1. The van der Waals surface area contributed by atoms with Gasteiger partial charge in [-0.25, -0.2) is 4.79 Å². The van der Waals surface area contributed by atoms with Crippen molar-refractivity contribution in [3.8, 4) is 11.8 Å². The molecule has 0 spiro atoms. The molecule has 0 saturated heterocycles. The van der Waals surface area contributed by atoms with E-state index in [0.29, 0.717) is 0 Å². The first-order valence-electron chi connectivity index (χ1n) is 7.22. The van der Waals surface area contributed by atoms with Crippen LogP contribution in [0.15, 0.2) is 60.0 Å². The molecule has 4 heteroatoms. The van der Waals surface area contributed by atoms with Gasteiger partial charge in [-0.3, -0.25) is 0 Å². The number of amides is 1. The standard InChI is InChI=1S/C19H15NO2S/c21-19(22-14-15-6-2-1-3-7-15)20-12-5-10-16-8-4-9-17-11-13-23-18(16)17/h1-4,6-9,11,13H,12,14H2,(H,20,21). The molecular weight excluding hydrogens is 306 g/mol. The van der Waals surface area contributed by atoms with Gasteiger partial charge in [0, 0.05) is 10.3 Å². The number of fused-ring (bicyclic) bond motifs is 1. The number of hydrogen-bond donors (Lipinski definition) is 1. The lowest BCUT2D eigenvalue weighted by Gasteiger charge is -2.04. The fourth-order valence-corrected chi connectivity index (χ4v) is 2.99. The zero-order valence-electron chi connectivity index (χ0n) is 12.4. The van der Waals surface area contributed by atoms with E-state index in [1.165, 1.54) is 10.1 Å². The molecule has 1 amide bonds. The summed E-state index contributed by atoms with van der Waals surface area (Å²) in [6.07, 6.45) is -0.461. The van der Waals surface area contributed by atoms with Gasteiger partial charge in [-0.15, -0.1) is 11.3 Å². The Kier molecular flexibility index (Phi) is 4.92. The first-order valence-corrected chi connectivity index (χ1v) is 8.10. The number of thiophene rings is 1. The van der Waals surface area contributed by atoms with E-state index < -0.39 is 6.09 Å². The van der Waals surface area contributed by atoms with Crippen LogP contribution in [0.4, 0.5) is 4.79 Å². The highest BCUT2D eigenvalue weighted by Gasteiger charge is 2.01. The van der Waals surface area contributed by atoms with E-state index in [4.69, 9.17) is 4.74 Å². The summed E-state index contributed by atoms with van der Waals surface area (Å²) in [6, 6.07) is 17.7. The smallest absolute Gasteiger partial charge is 0.408 e. The third-order valence-corrected chi connectivity index (χ3v) is 4.20. The second-order valence-electron chi connectivity index (χ2n) is 4.86. The summed E-state index contributed by atoms with van der Waals surface area (Å²) in [4.78, 5) is 11.6. The van der Waals surface area contributed by atoms with Crippen LogP contribution in [0.5, 0.6) is 0 Å². The Morgan fingerprint density at radius 2 is 1.96 bits per heavy atom. The summed E-state index contributed by atoms with van der Waals surface area (Å²) < 4.78 is 6.30. The maximum Gasteiger partial charge on any atom is 0.408 e. The topological polar surface area (TPSA) is 38.3 Å². The van der Waals surface area contributed by atoms with Crippen molar-refractivity contribution in [3.05, 3.63) is 71.1 Å². The van der Waals surface area contributed by atoms with Gasteiger partial charge in [0.1, 0.15) is 6.61 Å². The van der Waals surface area contributed by atoms with Crippen LogP contribution in [0, 0.1) is 11.8 Å². The molecule has 1 N–H and O–H groups in total. The number of ether oxygens (including phenoxy) is 1. The minimum atomic E-state index is -0.461. The molecule has 0 atom stereocenters. The number of rotatable bonds is 3. The van der Waals surface area contributed by atoms with Gasteiger partial charge in [0.15, 0.2) is 0 Å². The Morgan fingerprint density at radius 3 is 2.83 bits per heavy atom. The Balaban J connectivity index is 1.50. The summed E-state index contributed by atoms with van der Waals surface area (Å²) in [6.45, 7) is 0.518. The number of alkyl carbamates (subject to hydrolysis) is 1. The normalized spacial score (nSPS) is 9.91. The Bertz CT molecular complexity index is 859. The quantitative estimate of drug-likeness (QED) is 0.735. The first-order chi connectivity index (χ1) is 11.3. The third kappa shape index (κ3) is 4.12. The Labute approximate surface area is 138 Å². The van der Waals surface area contributed by atoms with Crippen molar-refractivity contribution < 1.29 is 9.53 Å². The fraction of sp³-hybridized carbons (Fsp3) is 0.105. The lowest BCUT2D eigenvalue weighted by atomic mass is 10.2. The SMILES string of the molecule is O=C(NCC#Cc1cccc2ccsc12)OCc1ccccc1. The van der Waals surface area contributed by atoms with Crippen LogP contribution in [0.2, 0.25) is 0 Å². The molecule has 0 unspecified atom stereocenters. The van der Waals surface area contributed by atoms with Gasteiger partial charge in [-0.05, 0) is 28.5 Å². The van der Waals surface area contributed by atoms with Crippen molar-refractivity contribution in [2.45, 2.75) is 6.61 Å². The molecule has 3 rings (SSSR count). The van der Waals surface area contributed by atoms with Crippen molar-refractivity contribution in [1.29, 1.82) is 0 Å². The minimum absolute atomic E-state index is 0.259. The van der Waals surface area contributed by atoms with Crippen LogP contribution in [0.3, 0.4) is 0 Å². The molecule has 0 saturated carbocycles. The molecule has 2 aromatic carbocycles. The second-order valence-corrected chi connectivity index (χ2v) is 5.78. The van der Waals surface area contributed by atoms with Crippen LogP contribution in [-0.2, 0) is 11.3 Å². The number of hydrogen-bond acceptors (Lipinski definition) is 3. The van der Waals surface area contributed by atoms with Gasteiger partial charge in [0.25, 0.3) is 0 Å². The molecule has 0 aliphatic carbocycles. The zero-order valence-corrected chi connectivity index (χ0v) is 13.2. The zero-order chi connectivity index (χ0) is 15.9. The van der Waals surface area contributed by atoms with Crippen molar-refractivity contribution in [2.75, 3.05) is 6.54 Å². The fourth-order valence-electron chi connectivity index (χ4n) is 2.12. The van der Waals surface area contributed by atoms with E-state index in [-0.39, 0.29) is 13.2 Å². The molecule has 23 heavy (non-hydrogen) atoms. The highest BCUT2D eigenvalue weighted by Crippen LogP contribution is 2.23. The molecule has 1 aromatic heterocycles. The highest BCUT2D eigenvalue weighted by molar-refractivity contribution is 7.17. The average Bonchev–Trinajstić information content (AvgIpc) is 3.07. The monoisotopic (exact) mass is 321 g/mol. The third-order valence-electron chi connectivity index (χ3n) is 3.24. The highest BCUT2D eigenvalue weighted by atomic mass is 32.1. The predicted molar refractivity (Wildman–Crippen MR) is 93.3 cm³/mol. The summed E-state index contributed by atoms with van der Waals surface area (Å²) in [5.41, 5.74) is 1.94. The molecule has 3 aromatic rings. The van der Waals surface area contributed by atoms with E-state index in [1.807, 2.05) is 42.5 Å². The molecule has 0 bridgehead atoms. The lowest BCUT2D eigenvalue weighted by molar-refractivity contribution is 0.141. The van der Waals surface area contributed by atoms with Crippen LogP contribution < -0.4 is 5.32 Å². The van der Waals surface area contributed by atoms with Crippen LogP contribution >= 0.6 is 11.3 Å². The van der Waals surface area contributed by atoms with Crippen LogP contribution in [0.25, 0.3) is 10.1 Å². The van der Waals surface area contributed by atoms with Crippen molar-refractivity contribution in [1.82, 2.24) is 5.32 Å². The lowest BCUT2D eigenvalue weighted by Crippen LogP contribution is -2.24. The number of nitrogens with one attached hydrogen (secondary N) is 1. The van der Waals surface area contributed by atoms with Crippen molar-refractivity contribution >= 4 is 27.5 Å². The van der Waals surface area contributed by atoms with Gasteiger partial charge in [0.05, 0.1) is 6.54 Å². The minimum Gasteiger partial charge on any atom is -0.445 e. The van der Waals surface area contributed by atoms with Crippen molar-refractivity contribution in [2.24, 2.45) is 0 Å². The molecule has 0 aliphatic heterocycles. The van der Waals surface area contributed by atoms with Crippen molar-refractivity contribution in [3.63, 3.8) is 0 Å². The van der Waals surface area contributed by atoms with Gasteiger partial charge < -0.3 is 10.1 Å². The Morgan fingerprint density at radius 1 is 1.09 bits per heavy atom. The maximum atomic E-state index is 11.6. The molecule has 3 nitrogen and oxygen atoms in total. The maximum absolute atomic E-state index is 11.6. The van der Waals surface area contributed by atoms with Gasteiger partial charge in [-0.2, -0.15) is 0 Å². The molecule has 1 heterocycles. The van der Waals surface area contributed by atoms with E-state index in [2.05, 4.69) is 34.7 Å². The van der Waals surface area contributed by atoms with Gasteiger partial charge in [0.2, 0.25) is 0 Å². The van der Waals surface area contributed by atoms with Gasteiger partial charge >= 0.3 is 6.09 Å². The summed E-state index contributed by atoms with van der Waals surface area (Å²) >= 11 is 1.67. The van der Waals surface area contributed by atoms with E-state index in [1.54, 1.807) is 11.3 Å². The Hall–Kier alpha value is -2.77. The molecular formula is C19H15NO2S. The van der Waals surface area contributed by atoms with Crippen LogP contribution in [-0.4, -0.2) is 12.6 Å². The average molecular weight is 321 g/mol. The van der Waals surface area contributed by atoms with Crippen LogP contribution in [0.1, 0.15) is 11.1 Å². The van der Waals surface area contributed by atoms with E-state index in [9.17, 15) is 4.79 Å². The van der Waals surface area contributed by atoms with E-state index in [0.717, 1.165) is 11.1 Å².